The Morgan fingerprint density at radius 2 is 2.10 bits per heavy atom. The molecule has 6 nitrogen and oxygen atoms in total. The van der Waals surface area contributed by atoms with Gasteiger partial charge in [-0.1, -0.05) is 35.9 Å². The van der Waals surface area contributed by atoms with Crippen LogP contribution in [0.2, 0.25) is 5.02 Å². The minimum atomic E-state index is -0.571. The van der Waals surface area contributed by atoms with Crippen LogP contribution in [0.1, 0.15) is 16.8 Å². The molecule has 0 aliphatic carbocycles. The van der Waals surface area contributed by atoms with Gasteiger partial charge >= 0.3 is 0 Å². The molecule has 1 unspecified atom stereocenters. The van der Waals surface area contributed by atoms with Crippen molar-refractivity contribution in [2.45, 2.75) is 25.6 Å². The van der Waals surface area contributed by atoms with Crippen molar-refractivity contribution >= 4 is 17.5 Å². The summed E-state index contributed by atoms with van der Waals surface area (Å²) in [5.41, 5.74) is 7.53. The minimum Gasteiger partial charge on any atom is -0.489 e. The fourth-order valence-electron chi connectivity index (χ4n) is 2.83. The number of hydrogen-bond donors (Lipinski definition) is 2. The van der Waals surface area contributed by atoms with Gasteiger partial charge in [-0.25, -0.2) is 9.37 Å². The first kappa shape index (κ1) is 20.8. The average molecular weight is 417 g/mol. The molecule has 8 heteroatoms. The molecule has 3 rings (SSSR count). The van der Waals surface area contributed by atoms with Gasteiger partial charge in [-0.15, -0.1) is 0 Å². The number of hydrogen-bond acceptors (Lipinski definition) is 4. The van der Waals surface area contributed by atoms with Crippen molar-refractivity contribution in [1.82, 2.24) is 14.9 Å². The average Bonchev–Trinajstić information content (AvgIpc) is 3.10. The Kier molecular flexibility index (Phi) is 6.85. The summed E-state index contributed by atoms with van der Waals surface area (Å²) in [6.07, 6.45) is 3.90. The highest BCUT2D eigenvalue weighted by Crippen LogP contribution is 2.24. The number of halogens is 2. The summed E-state index contributed by atoms with van der Waals surface area (Å²) < 4.78 is 21.1. The number of amides is 1. The third-order valence-electron chi connectivity index (χ3n) is 4.43. The molecule has 0 spiro atoms. The van der Waals surface area contributed by atoms with Crippen LogP contribution in [0.5, 0.6) is 5.75 Å². The van der Waals surface area contributed by atoms with Crippen molar-refractivity contribution in [3.63, 3.8) is 0 Å². The van der Waals surface area contributed by atoms with Gasteiger partial charge in [-0.3, -0.25) is 4.79 Å². The maximum absolute atomic E-state index is 13.7. The van der Waals surface area contributed by atoms with Gasteiger partial charge in [-0.2, -0.15) is 0 Å². The SMILES string of the molecule is Cn1cnc(CC(NCc2ccc(OCc3ccccc3F)cc2Cl)C(N)=O)c1. The zero-order chi connectivity index (χ0) is 20.8. The smallest absolute Gasteiger partial charge is 0.234 e. The van der Waals surface area contributed by atoms with Crippen LogP contribution < -0.4 is 15.8 Å². The lowest BCUT2D eigenvalue weighted by Crippen LogP contribution is -2.42. The number of imidazole rings is 1. The van der Waals surface area contributed by atoms with E-state index in [2.05, 4.69) is 10.3 Å². The normalized spacial score (nSPS) is 12.0. The summed E-state index contributed by atoms with van der Waals surface area (Å²) in [4.78, 5) is 16.0. The molecule has 3 aromatic rings. The van der Waals surface area contributed by atoms with Crippen molar-refractivity contribution in [3.05, 3.63) is 82.6 Å². The Bertz CT molecular complexity index is 992. The van der Waals surface area contributed by atoms with E-state index in [0.717, 1.165) is 11.3 Å². The van der Waals surface area contributed by atoms with Gasteiger partial charge in [0.25, 0.3) is 0 Å². The Morgan fingerprint density at radius 1 is 1.31 bits per heavy atom. The highest BCUT2D eigenvalue weighted by Gasteiger charge is 2.17. The molecule has 0 aliphatic heterocycles. The summed E-state index contributed by atoms with van der Waals surface area (Å²) >= 11 is 6.34. The molecule has 0 fully saturated rings. The maximum atomic E-state index is 13.7. The third kappa shape index (κ3) is 5.79. The van der Waals surface area contributed by atoms with E-state index in [1.807, 2.05) is 17.8 Å². The number of nitrogens with two attached hydrogens (primary N) is 1. The molecule has 0 bridgehead atoms. The summed E-state index contributed by atoms with van der Waals surface area (Å²) in [6, 6.07) is 11.1. The van der Waals surface area contributed by atoms with Crippen molar-refractivity contribution in [3.8, 4) is 5.75 Å². The highest BCUT2D eigenvalue weighted by atomic mass is 35.5. The fraction of sp³-hybridized carbons (Fsp3) is 0.238. The van der Waals surface area contributed by atoms with Gasteiger partial charge in [0.15, 0.2) is 0 Å². The fourth-order valence-corrected chi connectivity index (χ4v) is 3.06. The highest BCUT2D eigenvalue weighted by molar-refractivity contribution is 6.31. The molecule has 29 heavy (non-hydrogen) atoms. The van der Waals surface area contributed by atoms with Crippen LogP contribution >= 0.6 is 11.6 Å². The molecule has 0 radical (unpaired) electrons. The third-order valence-corrected chi connectivity index (χ3v) is 4.78. The number of rotatable bonds is 9. The number of aromatic nitrogens is 2. The molecule has 1 atom stereocenters. The second-order valence-corrected chi connectivity index (χ2v) is 7.11. The molecular weight excluding hydrogens is 395 g/mol. The van der Waals surface area contributed by atoms with Crippen LogP contribution in [-0.4, -0.2) is 21.5 Å². The zero-order valence-electron chi connectivity index (χ0n) is 15.9. The quantitative estimate of drug-likeness (QED) is 0.561. The lowest BCUT2D eigenvalue weighted by molar-refractivity contribution is -0.120. The summed E-state index contributed by atoms with van der Waals surface area (Å²) in [5, 5.41) is 3.60. The van der Waals surface area contributed by atoms with Crippen LogP contribution in [0.15, 0.2) is 55.0 Å². The number of benzene rings is 2. The second-order valence-electron chi connectivity index (χ2n) is 6.70. The molecule has 1 aromatic heterocycles. The van der Waals surface area contributed by atoms with Crippen molar-refractivity contribution < 1.29 is 13.9 Å². The van der Waals surface area contributed by atoms with Crippen LogP contribution in [-0.2, 0) is 31.4 Å². The number of nitrogens with one attached hydrogen (secondary N) is 1. The number of ether oxygens (including phenoxy) is 1. The van der Waals surface area contributed by atoms with Gasteiger partial charge in [0.2, 0.25) is 5.91 Å². The largest absolute Gasteiger partial charge is 0.489 e. The van der Waals surface area contributed by atoms with E-state index in [4.69, 9.17) is 22.1 Å². The van der Waals surface area contributed by atoms with E-state index in [9.17, 15) is 9.18 Å². The molecule has 0 saturated heterocycles. The maximum Gasteiger partial charge on any atom is 0.234 e. The lowest BCUT2D eigenvalue weighted by Gasteiger charge is -2.15. The summed E-state index contributed by atoms with van der Waals surface area (Å²) in [6.45, 7) is 0.460. The summed E-state index contributed by atoms with van der Waals surface area (Å²) in [5.74, 6) is -0.247. The summed E-state index contributed by atoms with van der Waals surface area (Å²) in [7, 11) is 1.86. The minimum absolute atomic E-state index is 0.106. The van der Waals surface area contributed by atoms with E-state index < -0.39 is 11.9 Å². The number of nitrogens with zero attached hydrogens (tertiary/aromatic N) is 2. The zero-order valence-corrected chi connectivity index (χ0v) is 16.7. The van der Waals surface area contributed by atoms with Gasteiger partial charge in [0.05, 0.1) is 18.1 Å². The van der Waals surface area contributed by atoms with Crippen molar-refractivity contribution in [2.24, 2.45) is 12.8 Å². The van der Waals surface area contributed by atoms with E-state index in [0.29, 0.717) is 29.3 Å². The van der Waals surface area contributed by atoms with E-state index in [1.54, 1.807) is 42.7 Å². The lowest BCUT2D eigenvalue weighted by atomic mass is 10.1. The Balaban J connectivity index is 1.59. The van der Waals surface area contributed by atoms with Crippen LogP contribution in [0.4, 0.5) is 4.39 Å². The molecule has 2 aromatic carbocycles. The molecule has 3 N–H and O–H groups in total. The Hall–Kier alpha value is -2.90. The first-order valence-corrected chi connectivity index (χ1v) is 9.44. The van der Waals surface area contributed by atoms with Crippen LogP contribution in [0.3, 0.4) is 0 Å². The van der Waals surface area contributed by atoms with Gasteiger partial charge in [-0.05, 0) is 23.8 Å². The van der Waals surface area contributed by atoms with Gasteiger partial charge in [0, 0.05) is 36.8 Å². The standard InChI is InChI=1S/C21H22ClFN4O2/c1-27-11-16(26-13-27)8-20(21(24)28)25-10-14-6-7-17(9-18(14)22)29-12-15-4-2-3-5-19(15)23/h2-7,9,11,13,20,25H,8,10,12H2,1H3,(H2,24,28). The first-order chi connectivity index (χ1) is 13.9. The topological polar surface area (TPSA) is 82.2 Å². The predicted octanol–water partition coefficient (Wildman–Crippen LogP) is 2.98. The van der Waals surface area contributed by atoms with Gasteiger partial charge in [0.1, 0.15) is 18.2 Å². The monoisotopic (exact) mass is 416 g/mol. The predicted molar refractivity (Wildman–Crippen MR) is 109 cm³/mol. The van der Waals surface area contributed by atoms with E-state index in [-0.39, 0.29) is 12.4 Å². The number of carbonyl (C=O) groups excluding carboxylic acids is 1. The molecule has 1 heterocycles. The van der Waals surface area contributed by atoms with E-state index >= 15 is 0 Å². The number of carbonyl (C=O) groups is 1. The Labute approximate surface area is 173 Å². The van der Waals surface area contributed by atoms with Gasteiger partial charge < -0.3 is 20.4 Å². The molecule has 0 saturated carbocycles. The van der Waals surface area contributed by atoms with E-state index in [1.165, 1.54) is 6.07 Å². The molecule has 0 aliphatic rings. The molecule has 1 amide bonds. The molecular formula is C21H22ClFN4O2. The number of aryl methyl sites for hydroxylation is 1. The van der Waals surface area contributed by atoms with Crippen LogP contribution in [0, 0.1) is 5.82 Å². The molecule has 152 valence electrons. The first-order valence-electron chi connectivity index (χ1n) is 9.06. The number of primary amides is 1. The second kappa shape index (κ2) is 9.54. The van der Waals surface area contributed by atoms with Crippen LogP contribution in [0.25, 0.3) is 0 Å². The Morgan fingerprint density at radius 3 is 2.76 bits per heavy atom. The van der Waals surface area contributed by atoms with Crippen molar-refractivity contribution in [1.29, 1.82) is 0 Å². The van der Waals surface area contributed by atoms with Crippen molar-refractivity contribution in [2.75, 3.05) is 0 Å².